The number of hydrogen-bond donors (Lipinski definition) is 1. The second-order valence-corrected chi connectivity index (χ2v) is 2.62. The van der Waals surface area contributed by atoms with E-state index in [1.807, 2.05) is 0 Å². The minimum absolute atomic E-state index is 0.240. The van der Waals surface area contributed by atoms with Gasteiger partial charge in [0.05, 0.1) is 6.61 Å². The van der Waals surface area contributed by atoms with E-state index in [1.54, 1.807) is 0 Å². The zero-order chi connectivity index (χ0) is 5.49. The van der Waals surface area contributed by atoms with Crippen molar-refractivity contribution < 1.29 is 9.50 Å². The van der Waals surface area contributed by atoms with Crippen LogP contribution in [0.3, 0.4) is 0 Å². The highest BCUT2D eigenvalue weighted by Gasteiger charge is 2.53. The van der Waals surface area contributed by atoms with Gasteiger partial charge in [-0.3, -0.25) is 0 Å². The van der Waals surface area contributed by atoms with E-state index in [4.69, 9.17) is 16.7 Å². The first-order chi connectivity index (χ1) is 3.19. The quantitative estimate of drug-likeness (QED) is 0.510. The van der Waals surface area contributed by atoms with E-state index in [1.165, 1.54) is 0 Å². The van der Waals surface area contributed by atoms with Crippen LogP contribution in [0.1, 0.15) is 6.42 Å². The first kappa shape index (κ1) is 5.32. The van der Waals surface area contributed by atoms with Crippen LogP contribution in [0, 0.1) is 0 Å². The lowest BCUT2D eigenvalue weighted by Gasteiger charge is -1.94. The Morgan fingerprint density at radius 1 is 2.00 bits per heavy atom. The molecule has 7 heavy (non-hydrogen) atoms. The van der Waals surface area contributed by atoms with Crippen molar-refractivity contribution in [3.8, 4) is 0 Å². The van der Waals surface area contributed by atoms with Gasteiger partial charge in [0.1, 0.15) is 11.0 Å². The maximum atomic E-state index is 11.9. The predicted octanol–water partition coefficient (Wildman–Crippen LogP) is 0.698. The van der Waals surface area contributed by atoms with E-state index in [0.717, 1.165) is 0 Å². The number of hydrogen-bond acceptors (Lipinski definition) is 1. The summed E-state index contributed by atoms with van der Waals surface area (Å²) in [7, 11) is 0. The molecule has 1 nitrogen and oxygen atoms in total. The van der Waals surface area contributed by atoms with E-state index >= 15 is 0 Å². The fraction of sp³-hybridized carbons (Fsp3) is 1.00. The van der Waals surface area contributed by atoms with Crippen molar-refractivity contribution in [3.05, 3.63) is 0 Å². The summed E-state index contributed by atoms with van der Waals surface area (Å²) in [6, 6.07) is 0. The lowest BCUT2D eigenvalue weighted by molar-refractivity contribution is 0.269. The lowest BCUT2D eigenvalue weighted by atomic mass is 10.4. The van der Waals surface area contributed by atoms with Gasteiger partial charge in [-0.1, -0.05) is 0 Å². The van der Waals surface area contributed by atoms with Crippen molar-refractivity contribution in [3.63, 3.8) is 0 Å². The van der Waals surface area contributed by atoms with E-state index in [9.17, 15) is 4.39 Å². The molecular formula is C4H6ClFO. The van der Waals surface area contributed by atoms with Gasteiger partial charge in [-0.25, -0.2) is 4.39 Å². The minimum Gasteiger partial charge on any atom is -0.394 e. The molecule has 2 atom stereocenters. The van der Waals surface area contributed by atoms with Crippen molar-refractivity contribution in [2.24, 2.45) is 0 Å². The van der Waals surface area contributed by atoms with Crippen molar-refractivity contribution in [1.29, 1.82) is 0 Å². The highest BCUT2D eigenvalue weighted by molar-refractivity contribution is 6.26. The van der Waals surface area contributed by atoms with E-state index in [2.05, 4.69) is 0 Å². The largest absolute Gasteiger partial charge is 0.394 e. The average molecular weight is 125 g/mol. The second kappa shape index (κ2) is 1.33. The monoisotopic (exact) mass is 124 g/mol. The second-order valence-electron chi connectivity index (χ2n) is 1.86. The molecule has 42 valence electrons. The first-order valence-electron chi connectivity index (χ1n) is 2.13. The molecule has 0 heterocycles. The average Bonchev–Trinajstić information content (AvgIpc) is 2.18. The Balaban J connectivity index is 2.36. The van der Waals surface area contributed by atoms with Gasteiger partial charge in [0.25, 0.3) is 0 Å². The molecule has 2 unspecified atom stereocenters. The van der Waals surface area contributed by atoms with Gasteiger partial charge in [-0.15, -0.1) is 11.6 Å². The summed E-state index contributed by atoms with van der Waals surface area (Å²) in [6.07, 6.45) is -0.662. The van der Waals surface area contributed by atoms with Gasteiger partial charge in [0, 0.05) is 6.42 Å². The Bertz CT molecular complexity index is 83.8. The van der Waals surface area contributed by atoms with Crippen LogP contribution in [0.25, 0.3) is 0 Å². The summed E-state index contributed by atoms with van der Waals surface area (Å²) in [5.74, 6) is 0. The van der Waals surface area contributed by atoms with Crippen molar-refractivity contribution in [2.45, 2.75) is 17.5 Å². The molecule has 1 saturated carbocycles. The molecule has 0 aromatic heterocycles. The Morgan fingerprint density at radius 3 is 2.43 bits per heavy atom. The minimum atomic E-state index is -0.973. The zero-order valence-corrected chi connectivity index (χ0v) is 4.45. The predicted molar refractivity (Wildman–Crippen MR) is 25.2 cm³/mol. The fourth-order valence-corrected chi connectivity index (χ4v) is 0.538. The third kappa shape index (κ3) is 0.728. The number of halogens is 2. The topological polar surface area (TPSA) is 20.2 Å². The van der Waals surface area contributed by atoms with Crippen LogP contribution in [-0.4, -0.2) is 22.8 Å². The molecule has 0 aromatic carbocycles. The van der Waals surface area contributed by atoms with Crippen LogP contribution in [-0.2, 0) is 0 Å². The molecule has 0 saturated heterocycles. The van der Waals surface area contributed by atoms with E-state index in [-0.39, 0.29) is 6.61 Å². The van der Waals surface area contributed by atoms with Crippen LogP contribution in [0.2, 0.25) is 0 Å². The molecule has 0 radical (unpaired) electrons. The van der Waals surface area contributed by atoms with Gasteiger partial charge in [0.2, 0.25) is 0 Å². The molecule has 0 aromatic rings. The summed E-state index contributed by atoms with van der Waals surface area (Å²) in [5, 5.41) is 8.26. The Labute approximate surface area is 46.1 Å². The molecule has 0 spiro atoms. The molecular weight excluding hydrogens is 118 g/mol. The summed E-state index contributed by atoms with van der Waals surface area (Å²) in [5.41, 5.74) is 0. The molecule has 0 amide bonds. The maximum Gasteiger partial charge on any atom is 0.123 e. The molecule has 0 bridgehead atoms. The molecule has 1 rings (SSSR count). The van der Waals surface area contributed by atoms with Gasteiger partial charge < -0.3 is 5.11 Å². The number of rotatable bonds is 1. The van der Waals surface area contributed by atoms with Crippen molar-refractivity contribution >= 4 is 11.6 Å². The number of aliphatic hydroxyl groups excluding tert-OH is 1. The van der Waals surface area contributed by atoms with Crippen LogP contribution >= 0.6 is 11.6 Å². The third-order valence-electron chi connectivity index (χ3n) is 1.18. The molecule has 3 heteroatoms. The fourth-order valence-electron chi connectivity index (χ4n) is 0.403. The molecule has 1 aliphatic carbocycles. The summed E-state index contributed by atoms with van der Waals surface area (Å²) in [4.78, 5) is -0.889. The lowest BCUT2D eigenvalue weighted by Crippen LogP contribution is -2.07. The standard InChI is InChI=1S/C4H6ClFO/c5-4(2-7)1-3(4)6/h3,7H,1-2H2. The van der Waals surface area contributed by atoms with Crippen LogP contribution in [0.15, 0.2) is 0 Å². The molecule has 0 aliphatic heterocycles. The van der Waals surface area contributed by atoms with Gasteiger partial charge in [-0.2, -0.15) is 0 Å². The van der Waals surface area contributed by atoms with Crippen LogP contribution in [0.5, 0.6) is 0 Å². The third-order valence-corrected chi connectivity index (χ3v) is 1.69. The Hall–Kier alpha value is 0.180. The van der Waals surface area contributed by atoms with E-state index < -0.39 is 11.0 Å². The smallest absolute Gasteiger partial charge is 0.123 e. The first-order valence-corrected chi connectivity index (χ1v) is 2.51. The van der Waals surface area contributed by atoms with Crippen LogP contribution < -0.4 is 0 Å². The van der Waals surface area contributed by atoms with Crippen LogP contribution in [0.4, 0.5) is 4.39 Å². The molecule has 1 fully saturated rings. The highest BCUT2D eigenvalue weighted by atomic mass is 35.5. The number of alkyl halides is 2. The summed E-state index contributed by atoms with van der Waals surface area (Å²) >= 11 is 5.35. The van der Waals surface area contributed by atoms with Crippen molar-refractivity contribution in [2.75, 3.05) is 6.61 Å². The number of aliphatic hydroxyl groups is 1. The zero-order valence-electron chi connectivity index (χ0n) is 3.69. The molecule has 1 N–H and O–H groups in total. The Morgan fingerprint density at radius 2 is 2.43 bits per heavy atom. The SMILES string of the molecule is OCC1(Cl)CC1F. The van der Waals surface area contributed by atoms with Crippen molar-refractivity contribution in [1.82, 2.24) is 0 Å². The van der Waals surface area contributed by atoms with Gasteiger partial charge >= 0.3 is 0 Å². The molecule has 1 aliphatic rings. The van der Waals surface area contributed by atoms with Gasteiger partial charge in [0.15, 0.2) is 0 Å². The summed E-state index contributed by atoms with van der Waals surface area (Å²) in [6.45, 7) is -0.240. The van der Waals surface area contributed by atoms with Gasteiger partial charge in [-0.05, 0) is 0 Å². The normalized spacial score (nSPS) is 49.3. The summed E-state index contributed by atoms with van der Waals surface area (Å²) < 4.78 is 11.9. The Kier molecular flexibility index (Phi) is 1.01. The highest BCUT2D eigenvalue weighted by Crippen LogP contribution is 2.44. The van der Waals surface area contributed by atoms with E-state index in [0.29, 0.717) is 6.42 Å². The maximum absolute atomic E-state index is 11.9.